The molecule has 4 heterocycles. The van der Waals surface area contributed by atoms with Crippen molar-refractivity contribution in [2.75, 3.05) is 13.1 Å². The molecule has 28 heavy (non-hydrogen) atoms. The minimum atomic E-state index is -1.25. The summed E-state index contributed by atoms with van der Waals surface area (Å²) in [5.41, 5.74) is -1.12. The summed E-state index contributed by atoms with van der Waals surface area (Å²) in [6, 6.07) is 7.77. The quantitative estimate of drug-likeness (QED) is 0.662. The molecule has 0 saturated carbocycles. The highest BCUT2D eigenvalue weighted by molar-refractivity contribution is 6.07. The Labute approximate surface area is 160 Å². The number of rotatable bonds is 3. The number of urea groups is 1. The highest BCUT2D eigenvalue weighted by atomic mass is 16.2. The highest BCUT2D eigenvalue weighted by Crippen LogP contribution is 2.38. The molecule has 2 saturated heterocycles. The number of nitrogens with one attached hydrogen (secondary N) is 3. The molecule has 4 rings (SSSR count). The van der Waals surface area contributed by atoms with Gasteiger partial charge in [0.05, 0.1) is 5.69 Å². The lowest BCUT2D eigenvalue weighted by molar-refractivity contribution is -0.127. The van der Waals surface area contributed by atoms with Gasteiger partial charge >= 0.3 is 6.03 Å². The Morgan fingerprint density at radius 2 is 1.89 bits per heavy atom. The largest absolute Gasteiger partial charge is 0.338 e. The van der Waals surface area contributed by atoms with Crippen LogP contribution < -0.4 is 16.2 Å². The Bertz CT molecular complexity index is 981. The van der Waals surface area contributed by atoms with Crippen LogP contribution >= 0.6 is 0 Å². The normalized spacial score (nSPS) is 22.6. The Kier molecular flexibility index (Phi) is 4.42. The molecule has 0 spiro atoms. The number of carbonyl (C=O) groups is 3. The minimum absolute atomic E-state index is 0.0901. The Hall–Kier alpha value is -3.49. The maximum absolute atomic E-state index is 12.7. The molecule has 1 unspecified atom stereocenters. The molecule has 0 aliphatic carbocycles. The first kappa shape index (κ1) is 17.9. The predicted molar refractivity (Wildman–Crippen MR) is 98.3 cm³/mol. The third kappa shape index (κ3) is 2.84. The summed E-state index contributed by atoms with van der Waals surface area (Å²) in [5, 5.41) is 5.08. The number of aromatic nitrogens is 2. The van der Waals surface area contributed by atoms with E-state index >= 15 is 0 Å². The van der Waals surface area contributed by atoms with E-state index in [0.29, 0.717) is 31.6 Å². The van der Waals surface area contributed by atoms with E-state index in [4.69, 9.17) is 0 Å². The summed E-state index contributed by atoms with van der Waals surface area (Å²) < 4.78 is 0. The third-order valence-corrected chi connectivity index (χ3v) is 5.41. The zero-order chi connectivity index (χ0) is 19.7. The lowest BCUT2D eigenvalue weighted by Gasteiger charge is -2.40. The van der Waals surface area contributed by atoms with Crippen LogP contribution in [0.4, 0.5) is 4.79 Å². The zero-order valence-electron chi connectivity index (χ0n) is 15.0. The van der Waals surface area contributed by atoms with E-state index in [1.165, 1.54) is 12.3 Å². The number of piperidine rings is 1. The summed E-state index contributed by atoms with van der Waals surface area (Å²) in [4.78, 5) is 57.6. The van der Waals surface area contributed by atoms with E-state index in [9.17, 15) is 19.2 Å². The molecule has 2 aliphatic rings. The maximum Gasteiger partial charge on any atom is 0.322 e. The summed E-state index contributed by atoms with van der Waals surface area (Å²) in [5.74, 6) is -1.00. The predicted octanol–water partition coefficient (Wildman–Crippen LogP) is 0.357. The Morgan fingerprint density at radius 1 is 1.11 bits per heavy atom. The molecule has 4 amide bonds. The summed E-state index contributed by atoms with van der Waals surface area (Å²) in [6.07, 6.45) is 4.03. The van der Waals surface area contributed by atoms with Gasteiger partial charge in [0.25, 0.3) is 17.4 Å². The van der Waals surface area contributed by atoms with Crippen LogP contribution in [0.15, 0.2) is 47.5 Å². The fourth-order valence-corrected chi connectivity index (χ4v) is 4.02. The van der Waals surface area contributed by atoms with Crippen LogP contribution in [-0.2, 0) is 10.3 Å². The third-order valence-electron chi connectivity index (χ3n) is 5.41. The van der Waals surface area contributed by atoms with E-state index in [-0.39, 0.29) is 17.4 Å². The molecule has 2 aliphatic heterocycles. The fourth-order valence-electron chi connectivity index (χ4n) is 4.02. The van der Waals surface area contributed by atoms with Gasteiger partial charge in [-0.25, -0.2) is 4.79 Å². The lowest BCUT2D eigenvalue weighted by atomic mass is 9.75. The standard InChI is InChI=1S/C19H19N5O4/c25-15-13(4-3-9-21-15)16(26)24-10-6-12(7-11-24)19(14-5-1-2-8-20-14)17(27)22-18(28)23-19/h1-5,8-9,12H,6-7,10-11H2,(H,21,25)(H2,22,23,27,28). The van der Waals surface area contributed by atoms with Gasteiger partial charge in [0, 0.05) is 31.4 Å². The number of amides is 4. The van der Waals surface area contributed by atoms with Crippen LogP contribution in [0.3, 0.4) is 0 Å². The first-order chi connectivity index (χ1) is 13.5. The molecule has 1 atom stereocenters. The number of carbonyl (C=O) groups excluding carboxylic acids is 3. The van der Waals surface area contributed by atoms with E-state index in [1.807, 2.05) is 0 Å². The number of likely N-dealkylation sites (tertiary alicyclic amines) is 1. The smallest absolute Gasteiger partial charge is 0.322 e. The van der Waals surface area contributed by atoms with Crippen LogP contribution in [0, 0.1) is 5.92 Å². The zero-order valence-corrected chi connectivity index (χ0v) is 15.0. The number of hydrogen-bond donors (Lipinski definition) is 3. The first-order valence-electron chi connectivity index (χ1n) is 9.04. The number of hydrogen-bond acceptors (Lipinski definition) is 5. The topological polar surface area (TPSA) is 124 Å². The summed E-state index contributed by atoms with van der Waals surface area (Å²) in [6.45, 7) is 0.741. The van der Waals surface area contributed by atoms with Crippen molar-refractivity contribution in [3.63, 3.8) is 0 Å². The van der Waals surface area contributed by atoms with Gasteiger partial charge in [-0.15, -0.1) is 0 Å². The van der Waals surface area contributed by atoms with E-state index in [2.05, 4.69) is 20.6 Å². The van der Waals surface area contributed by atoms with Crippen LogP contribution in [0.25, 0.3) is 0 Å². The molecule has 2 aromatic rings. The average Bonchev–Trinajstić information content (AvgIpc) is 3.03. The molecule has 9 nitrogen and oxygen atoms in total. The number of nitrogens with zero attached hydrogens (tertiary/aromatic N) is 2. The molecule has 2 fully saturated rings. The molecule has 9 heteroatoms. The van der Waals surface area contributed by atoms with Gasteiger partial charge in [0.15, 0.2) is 5.54 Å². The highest BCUT2D eigenvalue weighted by Gasteiger charge is 2.54. The molecule has 2 aromatic heterocycles. The van der Waals surface area contributed by atoms with Crippen molar-refractivity contribution in [1.82, 2.24) is 25.5 Å². The maximum atomic E-state index is 12.7. The van der Waals surface area contributed by atoms with E-state index in [0.717, 1.165) is 0 Å². The van der Waals surface area contributed by atoms with Crippen molar-refractivity contribution in [3.8, 4) is 0 Å². The SMILES string of the molecule is O=C1NC(=O)C(c2ccccn2)(C2CCN(C(=O)c3ccc[nH]c3=O)CC2)N1. The average molecular weight is 381 g/mol. The molecular formula is C19H19N5O4. The Morgan fingerprint density at radius 3 is 2.50 bits per heavy atom. The monoisotopic (exact) mass is 381 g/mol. The molecule has 0 radical (unpaired) electrons. The molecule has 3 N–H and O–H groups in total. The van der Waals surface area contributed by atoms with Crippen LogP contribution in [0.5, 0.6) is 0 Å². The van der Waals surface area contributed by atoms with E-state index < -0.39 is 23.0 Å². The van der Waals surface area contributed by atoms with Crippen molar-refractivity contribution < 1.29 is 14.4 Å². The van der Waals surface area contributed by atoms with Crippen LogP contribution in [0.1, 0.15) is 28.9 Å². The lowest BCUT2D eigenvalue weighted by Crippen LogP contribution is -2.54. The Balaban J connectivity index is 1.57. The van der Waals surface area contributed by atoms with Gasteiger partial charge in [-0.3, -0.25) is 24.7 Å². The molecular weight excluding hydrogens is 362 g/mol. The van der Waals surface area contributed by atoms with Gasteiger partial charge in [-0.1, -0.05) is 6.07 Å². The second kappa shape index (κ2) is 6.91. The number of aromatic amines is 1. The summed E-state index contributed by atoms with van der Waals surface area (Å²) >= 11 is 0. The van der Waals surface area contributed by atoms with Crippen molar-refractivity contribution >= 4 is 17.8 Å². The van der Waals surface area contributed by atoms with Crippen molar-refractivity contribution in [1.29, 1.82) is 0 Å². The van der Waals surface area contributed by atoms with Gasteiger partial charge in [0.2, 0.25) is 0 Å². The van der Waals surface area contributed by atoms with Gasteiger partial charge < -0.3 is 15.2 Å². The van der Waals surface area contributed by atoms with Gasteiger partial charge in [-0.2, -0.15) is 0 Å². The second-order valence-electron chi connectivity index (χ2n) is 6.91. The van der Waals surface area contributed by atoms with E-state index in [1.54, 1.807) is 35.4 Å². The second-order valence-corrected chi connectivity index (χ2v) is 6.91. The molecule has 144 valence electrons. The van der Waals surface area contributed by atoms with Gasteiger partial charge in [0.1, 0.15) is 5.56 Å². The van der Waals surface area contributed by atoms with Gasteiger partial charge in [-0.05, 0) is 37.1 Å². The van der Waals surface area contributed by atoms with Crippen LogP contribution in [-0.4, -0.2) is 45.8 Å². The van der Waals surface area contributed by atoms with Crippen LogP contribution in [0.2, 0.25) is 0 Å². The fraction of sp³-hybridized carbons (Fsp3) is 0.316. The molecule has 0 bridgehead atoms. The van der Waals surface area contributed by atoms with Crippen molar-refractivity contribution in [2.45, 2.75) is 18.4 Å². The number of imide groups is 1. The number of H-pyrrole nitrogens is 1. The minimum Gasteiger partial charge on any atom is -0.338 e. The van der Waals surface area contributed by atoms with Crippen molar-refractivity contribution in [3.05, 3.63) is 64.3 Å². The molecule has 0 aromatic carbocycles. The van der Waals surface area contributed by atoms with Crippen molar-refractivity contribution in [2.24, 2.45) is 5.92 Å². The number of pyridine rings is 2. The first-order valence-corrected chi connectivity index (χ1v) is 9.04. The summed E-state index contributed by atoms with van der Waals surface area (Å²) in [7, 11) is 0.